The lowest BCUT2D eigenvalue weighted by molar-refractivity contribution is 0.580. The van der Waals surface area contributed by atoms with Gasteiger partial charge in [0.1, 0.15) is 4.90 Å². The van der Waals surface area contributed by atoms with Crippen LogP contribution in [0.25, 0.3) is 0 Å². The van der Waals surface area contributed by atoms with Crippen LogP contribution in [0.2, 0.25) is 0 Å². The van der Waals surface area contributed by atoms with Crippen LogP contribution in [0.3, 0.4) is 0 Å². The minimum absolute atomic E-state index is 0.217. The van der Waals surface area contributed by atoms with E-state index in [1.165, 1.54) is 0 Å². The van der Waals surface area contributed by atoms with Crippen LogP contribution >= 0.6 is 0 Å². The van der Waals surface area contributed by atoms with Crippen molar-refractivity contribution in [1.29, 1.82) is 0 Å². The summed E-state index contributed by atoms with van der Waals surface area (Å²) in [6.07, 6.45) is 1.58. The summed E-state index contributed by atoms with van der Waals surface area (Å²) < 4.78 is 29.3. The van der Waals surface area contributed by atoms with Crippen molar-refractivity contribution < 1.29 is 8.42 Å². The van der Waals surface area contributed by atoms with Crippen LogP contribution in [0.1, 0.15) is 16.8 Å². The van der Waals surface area contributed by atoms with Crippen molar-refractivity contribution >= 4 is 10.0 Å². The maximum absolute atomic E-state index is 12.5. The van der Waals surface area contributed by atoms with Gasteiger partial charge in [0.25, 0.3) is 0 Å². The van der Waals surface area contributed by atoms with Gasteiger partial charge in [-0.25, -0.2) is 13.1 Å². The highest BCUT2D eigenvalue weighted by Gasteiger charge is 2.20. The Kier molecular flexibility index (Phi) is 4.78. The molecule has 6 heteroatoms. The molecule has 0 bridgehead atoms. The van der Waals surface area contributed by atoms with Gasteiger partial charge >= 0.3 is 0 Å². The van der Waals surface area contributed by atoms with E-state index in [0.29, 0.717) is 12.2 Å². The Balaban J connectivity index is 1.76. The number of hydrogen-bond acceptors (Lipinski definition) is 3. The number of hydrogen-bond donors (Lipinski definition) is 1. The van der Waals surface area contributed by atoms with Crippen molar-refractivity contribution in [3.63, 3.8) is 0 Å². The molecule has 0 aliphatic rings. The Bertz CT molecular complexity index is 904. The van der Waals surface area contributed by atoms with Gasteiger partial charge in [-0.1, -0.05) is 60.7 Å². The fourth-order valence-electron chi connectivity index (χ4n) is 2.47. The van der Waals surface area contributed by atoms with Crippen molar-refractivity contribution in [2.75, 3.05) is 0 Å². The predicted octanol–water partition coefficient (Wildman–Crippen LogP) is 2.72. The van der Waals surface area contributed by atoms with Gasteiger partial charge in [-0.2, -0.15) is 5.10 Å². The van der Waals surface area contributed by atoms with E-state index >= 15 is 0 Å². The molecule has 0 fully saturated rings. The second-order valence-electron chi connectivity index (χ2n) is 5.57. The maximum Gasteiger partial charge on any atom is 0.244 e. The molecular formula is C18H19N3O2S. The average Bonchev–Trinajstić information content (AvgIpc) is 2.96. The highest BCUT2D eigenvalue weighted by atomic mass is 32.2. The largest absolute Gasteiger partial charge is 0.267 e. The van der Waals surface area contributed by atoms with E-state index in [2.05, 4.69) is 9.82 Å². The minimum atomic E-state index is -3.59. The number of benzene rings is 2. The molecule has 3 rings (SSSR count). The lowest BCUT2D eigenvalue weighted by atomic mass is 10.2. The molecule has 1 N–H and O–H groups in total. The molecule has 0 unspecified atom stereocenters. The minimum Gasteiger partial charge on any atom is -0.267 e. The quantitative estimate of drug-likeness (QED) is 0.750. The summed E-state index contributed by atoms with van der Waals surface area (Å²) in [5, 5.41) is 4.32. The van der Waals surface area contributed by atoms with Crippen LogP contribution in [0.4, 0.5) is 0 Å². The summed E-state index contributed by atoms with van der Waals surface area (Å²) in [5.74, 6) is 0. The number of nitrogens with zero attached hydrogens (tertiary/aromatic N) is 2. The van der Waals surface area contributed by atoms with Gasteiger partial charge in [0.2, 0.25) is 10.0 Å². The molecule has 0 atom stereocenters. The zero-order chi connectivity index (χ0) is 17.0. The molecule has 0 radical (unpaired) electrons. The van der Waals surface area contributed by atoms with Gasteiger partial charge in [0.15, 0.2) is 0 Å². The Morgan fingerprint density at radius 1 is 0.958 bits per heavy atom. The summed E-state index contributed by atoms with van der Waals surface area (Å²) in [6.45, 7) is 2.50. The molecule has 1 aromatic heterocycles. The zero-order valence-corrected chi connectivity index (χ0v) is 14.2. The summed E-state index contributed by atoms with van der Waals surface area (Å²) in [7, 11) is -3.59. The fourth-order valence-corrected chi connectivity index (χ4v) is 3.67. The summed E-state index contributed by atoms with van der Waals surface area (Å²) >= 11 is 0. The average molecular weight is 341 g/mol. The molecule has 0 spiro atoms. The molecule has 5 nitrogen and oxygen atoms in total. The van der Waals surface area contributed by atoms with Crippen LogP contribution in [0.5, 0.6) is 0 Å². The SMILES string of the molecule is Cc1nn(Cc2ccccc2)cc1S(=O)(=O)NCc1ccccc1. The van der Waals surface area contributed by atoms with Crippen LogP contribution in [-0.4, -0.2) is 18.2 Å². The van der Waals surface area contributed by atoms with E-state index in [1.807, 2.05) is 60.7 Å². The number of aromatic nitrogens is 2. The monoisotopic (exact) mass is 341 g/mol. The zero-order valence-electron chi connectivity index (χ0n) is 13.4. The molecular weight excluding hydrogens is 322 g/mol. The fraction of sp³-hybridized carbons (Fsp3) is 0.167. The lowest BCUT2D eigenvalue weighted by Gasteiger charge is -2.05. The molecule has 1 heterocycles. The molecule has 3 aromatic rings. The molecule has 124 valence electrons. The second-order valence-corrected chi connectivity index (χ2v) is 7.31. The molecule has 0 saturated heterocycles. The van der Waals surface area contributed by atoms with Crippen LogP contribution in [0, 0.1) is 6.92 Å². The standard InChI is InChI=1S/C18H19N3O2S/c1-15-18(14-21(20-15)13-17-10-6-3-7-11-17)24(22,23)19-12-16-8-4-2-5-9-16/h2-11,14,19H,12-13H2,1H3. The summed E-state index contributed by atoms with van der Waals surface area (Å²) in [6, 6.07) is 19.2. The van der Waals surface area contributed by atoms with Crippen molar-refractivity contribution in [2.45, 2.75) is 24.9 Å². The van der Waals surface area contributed by atoms with Gasteiger partial charge in [0, 0.05) is 12.7 Å². The van der Waals surface area contributed by atoms with Crippen molar-refractivity contribution in [3.05, 3.63) is 83.7 Å². The summed E-state index contributed by atoms with van der Waals surface area (Å²) in [5.41, 5.74) is 2.48. The van der Waals surface area contributed by atoms with E-state index in [9.17, 15) is 8.42 Å². The van der Waals surface area contributed by atoms with Crippen LogP contribution in [0.15, 0.2) is 71.8 Å². The first-order valence-corrected chi connectivity index (χ1v) is 9.14. The number of aryl methyl sites for hydroxylation is 1. The van der Waals surface area contributed by atoms with Gasteiger partial charge in [-0.3, -0.25) is 4.68 Å². The highest BCUT2D eigenvalue weighted by Crippen LogP contribution is 2.15. The van der Waals surface area contributed by atoms with Gasteiger partial charge in [0.05, 0.1) is 12.2 Å². The molecule has 0 amide bonds. The first-order chi connectivity index (χ1) is 11.5. The van der Waals surface area contributed by atoms with E-state index in [4.69, 9.17) is 0 Å². The highest BCUT2D eigenvalue weighted by molar-refractivity contribution is 7.89. The maximum atomic E-state index is 12.5. The van der Waals surface area contributed by atoms with E-state index in [1.54, 1.807) is 17.8 Å². The summed E-state index contributed by atoms with van der Waals surface area (Å²) in [4.78, 5) is 0.217. The Hall–Kier alpha value is -2.44. The molecule has 0 aliphatic carbocycles. The number of rotatable bonds is 6. The molecule has 0 aliphatic heterocycles. The third kappa shape index (κ3) is 3.90. The van der Waals surface area contributed by atoms with Crippen molar-refractivity contribution in [1.82, 2.24) is 14.5 Å². The van der Waals surface area contributed by atoms with Crippen LogP contribution in [-0.2, 0) is 23.1 Å². The van der Waals surface area contributed by atoms with Crippen molar-refractivity contribution in [2.24, 2.45) is 0 Å². The third-order valence-electron chi connectivity index (χ3n) is 3.69. The van der Waals surface area contributed by atoms with E-state index in [0.717, 1.165) is 11.1 Å². The number of sulfonamides is 1. The first-order valence-electron chi connectivity index (χ1n) is 7.66. The van der Waals surface area contributed by atoms with Gasteiger partial charge in [-0.05, 0) is 18.1 Å². The van der Waals surface area contributed by atoms with E-state index < -0.39 is 10.0 Å². The smallest absolute Gasteiger partial charge is 0.244 e. The number of nitrogens with one attached hydrogen (secondary N) is 1. The molecule has 0 saturated carbocycles. The second kappa shape index (κ2) is 6.98. The lowest BCUT2D eigenvalue weighted by Crippen LogP contribution is -2.23. The Labute approximate surface area is 142 Å². The normalized spacial score (nSPS) is 11.5. The topological polar surface area (TPSA) is 64.0 Å². The molecule has 24 heavy (non-hydrogen) atoms. The van der Waals surface area contributed by atoms with Gasteiger partial charge < -0.3 is 0 Å². The Morgan fingerprint density at radius 3 is 2.17 bits per heavy atom. The van der Waals surface area contributed by atoms with Gasteiger partial charge in [-0.15, -0.1) is 0 Å². The van der Waals surface area contributed by atoms with Crippen molar-refractivity contribution in [3.8, 4) is 0 Å². The predicted molar refractivity (Wildman–Crippen MR) is 93.0 cm³/mol. The Morgan fingerprint density at radius 2 is 1.54 bits per heavy atom. The first kappa shape index (κ1) is 16.4. The molecule has 2 aromatic carbocycles. The van der Waals surface area contributed by atoms with Crippen LogP contribution < -0.4 is 4.72 Å². The van der Waals surface area contributed by atoms with E-state index in [-0.39, 0.29) is 11.4 Å². The third-order valence-corrected chi connectivity index (χ3v) is 5.19.